The van der Waals surface area contributed by atoms with Crippen molar-refractivity contribution in [2.75, 3.05) is 7.11 Å². The van der Waals surface area contributed by atoms with Gasteiger partial charge in [-0.15, -0.1) is 0 Å². The number of carboxylic acids is 1. The third-order valence-corrected chi connectivity index (χ3v) is 6.99. The lowest BCUT2D eigenvalue weighted by Gasteiger charge is -2.32. The summed E-state index contributed by atoms with van der Waals surface area (Å²) < 4.78 is 25.5. The van der Waals surface area contributed by atoms with Crippen molar-refractivity contribution in [3.8, 4) is 5.75 Å². The molecule has 3 aromatic carbocycles. The zero-order valence-corrected chi connectivity index (χ0v) is 20.4. The fourth-order valence-corrected chi connectivity index (χ4v) is 5.00. The lowest BCUT2D eigenvalue weighted by molar-refractivity contribution is -0.131. The molecular weight excluding hydrogens is 479 g/mol. The number of hydrogen-bond acceptors (Lipinski definition) is 3. The smallest absolute Gasteiger partial charge is 0.328 e. The van der Waals surface area contributed by atoms with Gasteiger partial charge in [-0.2, -0.15) is 0 Å². The molecule has 0 aliphatic heterocycles. The van der Waals surface area contributed by atoms with Gasteiger partial charge in [0.05, 0.1) is 18.4 Å². The number of methoxy groups -OCH3 is 1. The Morgan fingerprint density at radius 1 is 1.11 bits per heavy atom. The van der Waals surface area contributed by atoms with Gasteiger partial charge in [-0.05, 0) is 70.9 Å². The normalized spacial score (nSPS) is 14.6. The zero-order chi connectivity index (χ0) is 25.2. The molecule has 0 saturated heterocycles. The summed E-state index contributed by atoms with van der Waals surface area (Å²) in [6.45, 7) is 0. The van der Waals surface area contributed by atoms with Gasteiger partial charge in [0.1, 0.15) is 5.82 Å². The highest BCUT2D eigenvalue weighted by Gasteiger charge is 2.30. The summed E-state index contributed by atoms with van der Waals surface area (Å²) in [5.41, 5.74) is 6.02. The van der Waals surface area contributed by atoms with E-state index in [1.54, 1.807) is 25.5 Å². The monoisotopic (exact) mass is 502 g/mol. The summed E-state index contributed by atoms with van der Waals surface area (Å²) in [4.78, 5) is 10.9. The van der Waals surface area contributed by atoms with Crippen LogP contribution >= 0.6 is 11.6 Å². The molecule has 0 amide bonds. The summed E-state index contributed by atoms with van der Waals surface area (Å²) in [6.07, 6.45) is 7.52. The molecule has 1 aromatic heterocycles. The molecule has 4 nitrogen and oxygen atoms in total. The maximum Gasteiger partial charge on any atom is 0.328 e. The molecule has 1 heterocycles. The van der Waals surface area contributed by atoms with Crippen LogP contribution in [-0.4, -0.2) is 18.2 Å². The highest BCUT2D eigenvalue weighted by Crippen LogP contribution is 2.48. The van der Waals surface area contributed by atoms with Crippen LogP contribution < -0.4 is 4.74 Å². The summed E-state index contributed by atoms with van der Waals surface area (Å²) in [6, 6.07) is 18.0. The number of allylic oxidation sites excluding steroid dienone is 1. The number of halogens is 2. The first-order chi connectivity index (χ1) is 17.5. The first-order valence-corrected chi connectivity index (χ1v) is 12.1. The van der Waals surface area contributed by atoms with E-state index in [0.717, 1.165) is 64.1 Å². The fourth-order valence-electron chi connectivity index (χ4n) is 4.73. The molecule has 1 saturated carbocycles. The molecule has 0 spiro atoms. The van der Waals surface area contributed by atoms with Crippen molar-refractivity contribution in [2.45, 2.75) is 19.3 Å². The van der Waals surface area contributed by atoms with Gasteiger partial charge in [0.25, 0.3) is 0 Å². The van der Waals surface area contributed by atoms with Crippen molar-refractivity contribution >= 4 is 45.8 Å². The number of fused-ring (bicyclic) bond motifs is 1. The van der Waals surface area contributed by atoms with Crippen LogP contribution in [0.3, 0.4) is 0 Å². The third kappa shape index (κ3) is 4.54. The van der Waals surface area contributed by atoms with Gasteiger partial charge >= 0.3 is 5.97 Å². The summed E-state index contributed by atoms with van der Waals surface area (Å²) in [5.74, 6) is -0.495. The molecule has 0 unspecified atom stereocenters. The minimum Gasteiger partial charge on any atom is -0.493 e. The van der Waals surface area contributed by atoms with E-state index in [1.165, 1.54) is 12.1 Å². The quantitative estimate of drug-likeness (QED) is 0.205. The Hall–Kier alpha value is -3.83. The predicted octanol–water partition coefficient (Wildman–Crippen LogP) is 8.09. The van der Waals surface area contributed by atoms with Crippen LogP contribution in [0, 0.1) is 11.7 Å². The van der Waals surface area contributed by atoms with Crippen LogP contribution in [0.4, 0.5) is 4.39 Å². The van der Waals surface area contributed by atoms with E-state index in [4.69, 9.17) is 25.9 Å². The number of para-hydroxylation sites is 1. The summed E-state index contributed by atoms with van der Waals surface area (Å²) in [5, 5.41) is 10.2. The van der Waals surface area contributed by atoms with Gasteiger partial charge in [0.2, 0.25) is 0 Å². The molecule has 182 valence electrons. The van der Waals surface area contributed by atoms with Crippen molar-refractivity contribution in [1.29, 1.82) is 0 Å². The lowest BCUT2D eigenvalue weighted by atomic mass is 9.73. The second kappa shape index (κ2) is 10.0. The number of aliphatic carboxylic acids is 1. The molecule has 1 N–H and O–H groups in total. The Kier molecular flexibility index (Phi) is 6.66. The summed E-state index contributed by atoms with van der Waals surface area (Å²) in [7, 11) is 1.61. The molecular formula is C30H24ClFO4. The van der Waals surface area contributed by atoms with Gasteiger partial charge in [-0.3, -0.25) is 0 Å². The van der Waals surface area contributed by atoms with Crippen molar-refractivity contribution in [2.24, 2.45) is 5.92 Å². The highest BCUT2D eigenvalue weighted by molar-refractivity contribution is 6.33. The lowest BCUT2D eigenvalue weighted by Crippen LogP contribution is -2.15. The zero-order valence-electron chi connectivity index (χ0n) is 19.6. The second-order valence-corrected chi connectivity index (χ2v) is 9.23. The van der Waals surface area contributed by atoms with Gasteiger partial charge in [-0.25, -0.2) is 9.18 Å². The van der Waals surface area contributed by atoms with Gasteiger partial charge < -0.3 is 14.3 Å². The van der Waals surface area contributed by atoms with Crippen LogP contribution in [0.1, 0.15) is 41.5 Å². The Morgan fingerprint density at radius 3 is 2.53 bits per heavy atom. The van der Waals surface area contributed by atoms with E-state index in [-0.39, 0.29) is 11.7 Å². The molecule has 0 atom stereocenters. The van der Waals surface area contributed by atoms with Gasteiger partial charge in [0.15, 0.2) is 11.3 Å². The fraction of sp³-hybridized carbons (Fsp3) is 0.167. The molecule has 5 rings (SSSR count). The van der Waals surface area contributed by atoms with Crippen LogP contribution in [0.25, 0.3) is 28.2 Å². The summed E-state index contributed by atoms with van der Waals surface area (Å²) >= 11 is 6.62. The standard InChI is InChI=1S/C30H24ClFO4/c1-35-26-7-3-6-22-24(17-36-30(22)26)29(20-11-8-18(9-12-20)10-15-27(33)34)28(19-4-2-5-19)23-14-13-21(32)16-25(23)31/h3,6-17,19H,2,4-5H2,1H3,(H,33,34)/b15-10?,29-28+. The molecule has 0 radical (unpaired) electrons. The second-order valence-electron chi connectivity index (χ2n) is 8.82. The highest BCUT2D eigenvalue weighted by atomic mass is 35.5. The first-order valence-electron chi connectivity index (χ1n) is 11.7. The number of benzene rings is 3. The van der Waals surface area contributed by atoms with Crippen molar-refractivity contribution in [3.63, 3.8) is 0 Å². The maximum absolute atomic E-state index is 14.0. The van der Waals surface area contributed by atoms with Crippen LogP contribution in [-0.2, 0) is 4.79 Å². The minimum atomic E-state index is -1.00. The Morgan fingerprint density at radius 2 is 1.89 bits per heavy atom. The number of ether oxygens (including phenoxy) is 1. The molecule has 6 heteroatoms. The minimum absolute atomic E-state index is 0.255. The molecule has 1 aliphatic carbocycles. The van der Waals surface area contributed by atoms with E-state index in [9.17, 15) is 9.18 Å². The van der Waals surface area contributed by atoms with Crippen LogP contribution in [0.5, 0.6) is 5.75 Å². The predicted molar refractivity (Wildman–Crippen MR) is 141 cm³/mol. The Bertz CT molecular complexity index is 1490. The molecule has 1 aliphatic rings. The number of carboxylic acid groups (broad SMARTS) is 1. The van der Waals surface area contributed by atoms with E-state index < -0.39 is 5.97 Å². The van der Waals surface area contributed by atoms with Crippen LogP contribution in [0.15, 0.2) is 77.4 Å². The molecule has 4 aromatic rings. The number of rotatable bonds is 7. The van der Waals surface area contributed by atoms with Gasteiger partial charge in [0, 0.05) is 17.0 Å². The third-order valence-electron chi connectivity index (χ3n) is 6.67. The first kappa shape index (κ1) is 23.9. The van der Waals surface area contributed by atoms with Crippen molar-refractivity contribution in [1.82, 2.24) is 0 Å². The van der Waals surface area contributed by atoms with Crippen molar-refractivity contribution < 1.29 is 23.4 Å². The van der Waals surface area contributed by atoms with Crippen LogP contribution in [0.2, 0.25) is 5.02 Å². The number of furan rings is 1. The van der Waals surface area contributed by atoms with Crippen molar-refractivity contribution in [3.05, 3.63) is 106 Å². The van der Waals surface area contributed by atoms with E-state index >= 15 is 0 Å². The molecule has 0 bridgehead atoms. The topological polar surface area (TPSA) is 59.7 Å². The SMILES string of the molecule is COc1cccc2c(/C(=C(/c3ccc(F)cc3Cl)C3CCC3)c3ccc(C=CC(=O)O)cc3)coc12. The van der Waals surface area contributed by atoms with E-state index in [2.05, 4.69) is 0 Å². The number of hydrogen-bond donors (Lipinski definition) is 1. The largest absolute Gasteiger partial charge is 0.493 e. The Labute approximate surface area is 213 Å². The van der Waals surface area contributed by atoms with E-state index in [1.807, 2.05) is 42.5 Å². The van der Waals surface area contributed by atoms with E-state index in [0.29, 0.717) is 16.4 Å². The average molecular weight is 503 g/mol. The number of carbonyl (C=O) groups is 1. The molecule has 1 fully saturated rings. The Balaban J connectivity index is 1.79. The van der Waals surface area contributed by atoms with Gasteiger partial charge in [-0.1, -0.05) is 60.5 Å². The maximum atomic E-state index is 14.0. The molecule has 36 heavy (non-hydrogen) atoms. The average Bonchev–Trinajstić information content (AvgIpc) is 3.26.